The van der Waals surface area contributed by atoms with E-state index in [4.69, 9.17) is 25.8 Å². The van der Waals surface area contributed by atoms with Crippen molar-refractivity contribution in [3.63, 3.8) is 0 Å². The highest BCUT2D eigenvalue weighted by Gasteiger charge is 2.27. The van der Waals surface area contributed by atoms with Crippen LogP contribution in [-0.4, -0.2) is 32.5 Å². The molecule has 18 heavy (non-hydrogen) atoms. The fourth-order valence-corrected chi connectivity index (χ4v) is 2.59. The van der Waals surface area contributed by atoms with Gasteiger partial charge in [-0.05, 0) is 25.1 Å². The van der Waals surface area contributed by atoms with E-state index < -0.39 is 0 Å². The fourth-order valence-electron chi connectivity index (χ4n) is 1.90. The first-order valence-electron chi connectivity index (χ1n) is 5.98. The van der Waals surface area contributed by atoms with Crippen LogP contribution < -0.4 is 4.74 Å². The van der Waals surface area contributed by atoms with Gasteiger partial charge in [0.15, 0.2) is 0 Å². The summed E-state index contributed by atoms with van der Waals surface area (Å²) < 4.78 is 17.6. The first-order valence-corrected chi connectivity index (χ1v) is 7.21. The normalized spacial score (nSPS) is 21.6. The van der Waals surface area contributed by atoms with E-state index in [1.165, 1.54) is 0 Å². The van der Waals surface area contributed by atoms with Crippen molar-refractivity contribution >= 4 is 27.5 Å². The molecule has 5 heteroatoms. The average Bonchev–Trinajstić information content (AvgIpc) is 2.41. The standard InChI is InChI=1S/C13H16BrClO3/c1-2-17-11-4-3-9(14)7-10(11)13(15)12-8-16-5-6-18-12/h3-4,7,12-13H,2,5-6,8H2,1H3. The summed E-state index contributed by atoms with van der Waals surface area (Å²) in [7, 11) is 0. The van der Waals surface area contributed by atoms with Gasteiger partial charge >= 0.3 is 0 Å². The lowest BCUT2D eigenvalue weighted by Gasteiger charge is -2.28. The summed E-state index contributed by atoms with van der Waals surface area (Å²) in [6.45, 7) is 4.31. The molecule has 1 saturated heterocycles. The number of halogens is 2. The van der Waals surface area contributed by atoms with Gasteiger partial charge < -0.3 is 14.2 Å². The third-order valence-corrected chi connectivity index (χ3v) is 3.75. The zero-order valence-electron chi connectivity index (χ0n) is 10.2. The lowest BCUT2D eigenvalue weighted by atomic mass is 10.1. The van der Waals surface area contributed by atoms with Gasteiger partial charge in [-0.3, -0.25) is 0 Å². The molecule has 0 saturated carbocycles. The molecule has 0 radical (unpaired) electrons. The minimum absolute atomic E-state index is 0.131. The molecular formula is C13H16BrClO3. The van der Waals surface area contributed by atoms with Crippen LogP contribution in [0.5, 0.6) is 5.75 Å². The number of hydrogen-bond acceptors (Lipinski definition) is 3. The van der Waals surface area contributed by atoms with E-state index in [1.54, 1.807) is 0 Å². The van der Waals surface area contributed by atoms with Crippen LogP contribution in [0.25, 0.3) is 0 Å². The molecule has 0 bridgehead atoms. The monoisotopic (exact) mass is 334 g/mol. The molecule has 0 spiro atoms. The Labute approximate surface area is 120 Å². The van der Waals surface area contributed by atoms with E-state index in [0.717, 1.165) is 15.8 Å². The van der Waals surface area contributed by atoms with Gasteiger partial charge in [-0.1, -0.05) is 15.9 Å². The Morgan fingerprint density at radius 3 is 3.00 bits per heavy atom. The fraction of sp³-hybridized carbons (Fsp3) is 0.538. The van der Waals surface area contributed by atoms with Gasteiger partial charge in [-0.2, -0.15) is 0 Å². The molecule has 1 aliphatic heterocycles. The van der Waals surface area contributed by atoms with Gasteiger partial charge in [0, 0.05) is 10.0 Å². The minimum atomic E-state index is -0.274. The van der Waals surface area contributed by atoms with E-state index >= 15 is 0 Å². The molecule has 3 nitrogen and oxygen atoms in total. The summed E-state index contributed by atoms with van der Waals surface area (Å²) in [4.78, 5) is 0. The second-order valence-electron chi connectivity index (χ2n) is 4.00. The highest BCUT2D eigenvalue weighted by atomic mass is 79.9. The Bertz CT molecular complexity index is 394. The summed E-state index contributed by atoms with van der Waals surface area (Å²) in [5, 5.41) is -0.274. The van der Waals surface area contributed by atoms with Gasteiger partial charge in [0.1, 0.15) is 11.9 Å². The molecule has 1 aromatic rings. The van der Waals surface area contributed by atoms with Crippen LogP contribution >= 0.6 is 27.5 Å². The van der Waals surface area contributed by atoms with Crippen LogP contribution in [0, 0.1) is 0 Å². The van der Waals surface area contributed by atoms with Gasteiger partial charge in [0.05, 0.1) is 31.8 Å². The third kappa shape index (κ3) is 3.38. The lowest BCUT2D eigenvalue weighted by molar-refractivity contribution is -0.0894. The molecule has 2 atom stereocenters. The van der Waals surface area contributed by atoms with E-state index in [-0.39, 0.29) is 11.5 Å². The van der Waals surface area contributed by atoms with Gasteiger partial charge in [0.25, 0.3) is 0 Å². The maximum absolute atomic E-state index is 6.49. The predicted octanol–water partition coefficient (Wildman–Crippen LogP) is 3.54. The number of benzene rings is 1. The molecule has 2 rings (SSSR count). The van der Waals surface area contributed by atoms with Gasteiger partial charge in [-0.25, -0.2) is 0 Å². The van der Waals surface area contributed by atoms with Crippen LogP contribution in [0.1, 0.15) is 17.9 Å². The number of rotatable bonds is 4. The molecule has 0 N–H and O–H groups in total. The maximum Gasteiger partial charge on any atom is 0.124 e. The molecule has 0 aliphatic carbocycles. The van der Waals surface area contributed by atoms with Crippen molar-refractivity contribution in [3.8, 4) is 5.75 Å². The Kier molecular flexibility index (Phi) is 5.30. The van der Waals surface area contributed by atoms with E-state index in [9.17, 15) is 0 Å². The summed E-state index contributed by atoms with van der Waals surface area (Å²) in [5.41, 5.74) is 0.934. The first kappa shape index (κ1) is 14.1. The van der Waals surface area contributed by atoms with Crippen LogP contribution in [0.3, 0.4) is 0 Å². The van der Waals surface area contributed by atoms with E-state index in [2.05, 4.69) is 15.9 Å². The molecule has 1 fully saturated rings. The van der Waals surface area contributed by atoms with Crippen molar-refractivity contribution in [1.82, 2.24) is 0 Å². The summed E-state index contributed by atoms with van der Waals surface area (Å²) in [6, 6.07) is 5.83. The Balaban J connectivity index is 2.21. The van der Waals surface area contributed by atoms with Crippen molar-refractivity contribution in [2.75, 3.05) is 26.4 Å². The third-order valence-electron chi connectivity index (χ3n) is 2.74. The molecule has 1 aromatic carbocycles. The molecule has 100 valence electrons. The maximum atomic E-state index is 6.49. The smallest absolute Gasteiger partial charge is 0.124 e. The highest BCUT2D eigenvalue weighted by molar-refractivity contribution is 9.10. The van der Waals surface area contributed by atoms with Crippen molar-refractivity contribution in [2.24, 2.45) is 0 Å². The molecule has 2 unspecified atom stereocenters. The summed E-state index contributed by atoms with van der Waals surface area (Å²) in [5.74, 6) is 0.801. The number of ether oxygens (including phenoxy) is 3. The second-order valence-corrected chi connectivity index (χ2v) is 5.39. The zero-order valence-corrected chi connectivity index (χ0v) is 12.5. The quantitative estimate of drug-likeness (QED) is 0.788. The van der Waals surface area contributed by atoms with Crippen LogP contribution in [0.2, 0.25) is 0 Å². The Morgan fingerprint density at radius 2 is 2.33 bits per heavy atom. The Morgan fingerprint density at radius 1 is 1.50 bits per heavy atom. The molecule has 0 aromatic heterocycles. The van der Waals surface area contributed by atoms with Crippen LogP contribution in [0.4, 0.5) is 0 Å². The first-order chi connectivity index (χ1) is 8.72. The predicted molar refractivity (Wildman–Crippen MR) is 74.5 cm³/mol. The van der Waals surface area contributed by atoms with Crippen molar-refractivity contribution in [3.05, 3.63) is 28.2 Å². The van der Waals surface area contributed by atoms with Crippen LogP contribution in [-0.2, 0) is 9.47 Å². The topological polar surface area (TPSA) is 27.7 Å². The van der Waals surface area contributed by atoms with Gasteiger partial charge in [0.2, 0.25) is 0 Å². The molecule has 1 heterocycles. The van der Waals surface area contributed by atoms with Crippen molar-refractivity contribution in [1.29, 1.82) is 0 Å². The number of alkyl halides is 1. The summed E-state index contributed by atoms with van der Waals surface area (Å²) in [6.07, 6.45) is -0.131. The zero-order chi connectivity index (χ0) is 13.0. The van der Waals surface area contributed by atoms with Crippen molar-refractivity contribution in [2.45, 2.75) is 18.4 Å². The van der Waals surface area contributed by atoms with Gasteiger partial charge in [-0.15, -0.1) is 11.6 Å². The second kappa shape index (κ2) is 6.75. The average molecular weight is 336 g/mol. The van der Waals surface area contributed by atoms with Crippen molar-refractivity contribution < 1.29 is 14.2 Å². The number of hydrogen-bond donors (Lipinski definition) is 0. The highest BCUT2D eigenvalue weighted by Crippen LogP contribution is 2.36. The molecule has 1 aliphatic rings. The largest absolute Gasteiger partial charge is 0.494 e. The van der Waals surface area contributed by atoms with Crippen LogP contribution in [0.15, 0.2) is 22.7 Å². The lowest BCUT2D eigenvalue weighted by Crippen LogP contribution is -2.32. The van der Waals surface area contributed by atoms with E-state index in [1.807, 2.05) is 25.1 Å². The molecular weight excluding hydrogens is 319 g/mol. The Hall–Kier alpha value is -0.290. The van der Waals surface area contributed by atoms with E-state index in [0.29, 0.717) is 26.4 Å². The summed E-state index contributed by atoms with van der Waals surface area (Å²) >= 11 is 9.95. The molecule has 0 amide bonds. The SMILES string of the molecule is CCOc1ccc(Br)cc1C(Cl)C1COCCO1. The minimum Gasteiger partial charge on any atom is -0.494 e.